The van der Waals surface area contributed by atoms with E-state index in [0.717, 1.165) is 36.1 Å². The van der Waals surface area contributed by atoms with E-state index in [1.54, 1.807) is 0 Å². The third kappa shape index (κ3) is 6.25. The van der Waals surface area contributed by atoms with Crippen molar-refractivity contribution in [2.45, 2.75) is 33.1 Å². The number of nitrogens with one attached hydrogen (secondary N) is 1. The van der Waals surface area contributed by atoms with E-state index in [0.29, 0.717) is 13.1 Å². The van der Waals surface area contributed by atoms with Crippen molar-refractivity contribution < 1.29 is 9.53 Å². The fourth-order valence-corrected chi connectivity index (χ4v) is 1.73. The molecule has 1 amide bonds. The molecule has 0 atom stereocenters. The van der Waals surface area contributed by atoms with Crippen molar-refractivity contribution in [1.29, 1.82) is 0 Å². The zero-order valence-corrected chi connectivity index (χ0v) is 11.9. The Balaban J connectivity index is 2.24. The van der Waals surface area contributed by atoms with E-state index >= 15 is 0 Å². The standard InChI is InChI=1S/C15H24N2O2/c1-12-6-7-13(2)14(10-12)19-11-15(18)17-9-5-3-4-8-16/h6-7,10H,3-5,8-9,11,16H2,1-2H3,(H,17,18). The minimum Gasteiger partial charge on any atom is -0.483 e. The number of carbonyl (C=O) groups excluding carboxylic acids is 1. The number of hydrogen-bond acceptors (Lipinski definition) is 3. The second-order valence-electron chi connectivity index (χ2n) is 4.76. The van der Waals surface area contributed by atoms with E-state index < -0.39 is 0 Å². The van der Waals surface area contributed by atoms with E-state index in [1.165, 1.54) is 0 Å². The van der Waals surface area contributed by atoms with Crippen LogP contribution in [0.4, 0.5) is 0 Å². The Bertz CT molecular complexity index is 405. The van der Waals surface area contributed by atoms with Gasteiger partial charge in [-0.2, -0.15) is 0 Å². The summed E-state index contributed by atoms with van der Waals surface area (Å²) in [4.78, 5) is 11.6. The minimum atomic E-state index is -0.0753. The molecule has 0 aliphatic carbocycles. The van der Waals surface area contributed by atoms with Crippen LogP contribution in [0.5, 0.6) is 5.75 Å². The maximum Gasteiger partial charge on any atom is 0.257 e. The predicted octanol–water partition coefficient (Wildman–Crippen LogP) is 1.93. The summed E-state index contributed by atoms with van der Waals surface area (Å²) in [6.07, 6.45) is 3.02. The van der Waals surface area contributed by atoms with Crippen LogP contribution in [0.25, 0.3) is 0 Å². The fourth-order valence-electron chi connectivity index (χ4n) is 1.73. The second kappa shape index (κ2) is 8.53. The van der Waals surface area contributed by atoms with Gasteiger partial charge < -0.3 is 15.8 Å². The van der Waals surface area contributed by atoms with Gasteiger partial charge in [-0.25, -0.2) is 0 Å². The summed E-state index contributed by atoms with van der Waals surface area (Å²) >= 11 is 0. The number of nitrogens with two attached hydrogens (primary N) is 1. The van der Waals surface area contributed by atoms with Gasteiger partial charge in [-0.15, -0.1) is 0 Å². The molecule has 3 N–H and O–H groups in total. The van der Waals surface area contributed by atoms with Crippen LogP contribution in [0.1, 0.15) is 30.4 Å². The Kier molecular flexibility index (Phi) is 6.97. The largest absolute Gasteiger partial charge is 0.483 e. The highest BCUT2D eigenvalue weighted by Crippen LogP contribution is 2.18. The summed E-state index contributed by atoms with van der Waals surface area (Å²) in [5, 5.41) is 2.84. The number of aryl methyl sites for hydroxylation is 2. The molecule has 0 bridgehead atoms. The first kappa shape index (κ1) is 15.5. The van der Waals surface area contributed by atoms with Gasteiger partial charge in [0.2, 0.25) is 0 Å². The summed E-state index contributed by atoms with van der Waals surface area (Å²) in [6, 6.07) is 5.97. The molecular weight excluding hydrogens is 240 g/mol. The Morgan fingerprint density at radius 1 is 1.26 bits per heavy atom. The van der Waals surface area contributed by atoms with Crippen molar-refractivity contribution in [3.8, 4) is 5.75 Å². The monoisotopic (exact) mass is 264 g/mol. The molecular formula is C15H24N2O2. The zero-order valence-electron chi connectivity index (χ0n) is 11.9. The second-order valence-corrected chi connectivity index (χ2v) is 4.76. The molecule has 4 heteroatoms. The van der Waals surface area contributed by atoms with Gasteiger partial charge >= 0.3 is 0 Å². The van der Waals surface area contributed by atoms with E-state index in [2.05, 4.69) is 5.32 Å². The molecule has 0 aliphatic rings. The highest BCUT2D eigenvalue weighted by molar-refractivity contribution is 5.77. The number of amides is 1. The highest BCUT2D eigenvalue weighted by atomic mass is 16.5. The van der Waals surface area contributed by atoms with Crippen LogP contribution < -0.4 is 15.8 Å². The van der Waals surface area contributed by atoms with Gasteiger partial charge in [0, 0.05) is 6.54 Å². The zero-order chi connectivity index (χ0) is 14.1. The van der Waals surface area contributed by atoms with E-state index in [1.807, 2.05) is 32.0 Å². The van der Waals surface area contributed by atoms with Gasteiger partial charge in [0.1, 0.15) is 5.75 Å². The van der Waals surface area contributed by atoms with Gasteiger partial charge in [0.05, 0.1) is 0 Å². The molecule has 0 heterocycles. The average Bonchev–Trinajstić information content (AvgIpc) is 2.39. The van der Waals surface area contributed by atoms with E-state index in [9.17, 15) is 4.79 Å². The Labute approximate surface area is 115 Å². The summed E-state index contributed by atoms with van der Waals surface area (Å²) in [6.45, 7) is 5.45. The highest BCUT2D eigenvalue weighted by Gasteiger charge is 2.04. The van der Waals surface area contributed by atoms with Crippen LogP contribution in [0.15, 0.2) is 18.2 Å². The third-order valence-electron chi connectivity index (χ3n) is 2.91. The molecule has 0 saturated heterocycles. The molecule has 1 rings (SSSR count). The maximum atomic E-state index is 11.6. The number of ether oxygens (including phenoxy) is 1. The number of benzene rings is 1. The number of hydrogen-bond donors (Lipinski definition) is 2. The Morgan fingerprint density at radius 3 is 2.79 bits per heavy atom. The summed E-state index contributed by atoms with van der Waals surface area (Å²) in [5.41, 5.74) is 7.57. The first-order valence-electron chi connectivity index (χ1n) is 6.80. The topological polar surface area (TPSA) is 64.3 Å². The molecule has 4 nitrogen and oxygen atoms in total. The molecule has 0 fully saturated rings. The van der Waals surface area contributed by atoms with Crippen LogP contribution in [-0.2, 0) is 4.79 Å². The number of rotatable bonds is 8. The Morgan fingerprint density at radius 2 is 2.05 bits per heavy atom. The lowest BCUT2D eigenvalue weighted by atomic mass is 10.1. The molecule has 0 radical (unpaired) electrons. The minimum absolute atomic E-state index is 0.0706. The molecule has 0 unspecified atom stereocenters. The molecule has 0 saturated carbocycles. The van der Waals surface area contributed by atoms with Crippen LogP contribution in [0.2, 0.25) is 0 Å². The summed E-state index contributed by atoms with van der Waals surface area (Å²) in [5.74, 6) is 0.701. The lowest BCUT2D eigenvalue weighted by Crippen LogP contribution is -2.29. The van der Waals surface area contributed by atoms with Crippen LogP contribution in [-0.4, -0.2) is 25.6 Å². The summed E-state index contributed by atoms with van der Waals surface area (Å²) in [7, 11) is 0. The van der Waals surface area contributed by atoms with Gasteiger partial charge in [0.25, 0.3) is 5.91 Å². The smallest absolute Gasteiger partial charge is 0.257 e. The molecule has 0 aromatic heterocycles. The molecule has 1 aromatic rings. The van der Waals surface area contributed by atoms with Gasteiger partial charge in [0.15, 0.2) is 6.61 Å². The molecule has 0 aliphatic heterocycles. The van der Waals surface area contributed by atoms with Gasteiger partial charge in [-0.3, -0.25) is 4.79 Å². The lowest BCUT2D eigenvalue weighted by Gasteiger charge is -2.10. The first-order chi connectivity index (χ1) is 9.13. The molecule has 106 valence electrons. The third-order valence-corrected chi connectivity index (χ3v) is 2.91. The molecule has 1 aromatic carbocycles. The van der Waals surface area contributed by atoms with Gasteiger partial charge in [-0.05, 0) is 50.4 Å². The summed E-state index contributed by atoms with van der Waals surface area (Å²) < 4.78 is 5.53. The lowest BCUT2D eigenvalue weighted by molar-refractivity contribution is -0.123. The van der Waals surface area contributed by atoms with E-state index in [4.69, 9.17) is 10.5 Å². The van der Waals surface area contributed by atoms with Crippen molar-refractivity contribution in [1.82, 2.24) is 5.32 Å². The maximum absolute atomic E-state index is 11.6. The van der Waals surface area contributed by atoms with Crippen molar-refractivity contribution in [3.05, 3.63) is 29.3 Å². The van der Waals surface area contributed by atoms with Gasteiger partial charge in [-0.1, -0.05) is 18.6 Å². The van der Waals surface area contributed by atoms with Crippen molar-refractivity contribution in [2.24, 2.45) is 5.73 Å². The number of carbonyl (C=O) groups is 1. The van der Waals surface area contributed by atoms with Crippen LogP contribution >= 0.6 is 0 Å². The van der Waals surface area contributed by atoms with Crippen LogP contribution in [0, 0.1) is 13.8 Å². The predicted molar refractivity (Wildman–Crippen MR) is 77.3 cm³/mol. The average molecular weight is 264 g/mol. The van der Waals surface area contributed by atoms with Crippen molar-refractivity contribution in [3.63, 3.8) is 0 Å². The van der Waals surface area contributed by atoms with Crippen molar-refractivity contribution in [2.75, 3.05) is 19.7 Å². The first-order valence-corrected chi connectivity index (χ1v) is 6.80. The Hall–Kier alpha value is -1.55. The normalized spacial score (nSPS) is 10.3. The number of unbranched alkanes of at least 4 members (excludes halogenated alkanes) is 2. The SMILES string of the molecule is Cc1ccc(C)c(OCC(=O)NCCCCCN)c1. The van der Waals surface area contributed by atoms with Crippen molar-refractivity contribution >= 4 is 5.91 Å². The molecule has 19 heavy (non-hydrogen) atoms. The van der Waals surface area contributed by atoms with Crippen LogP contribution in [0.3, 0.4) is 0 Å². The quantitative estimate of drug-likeness (QED) is 0.705. The van der Waals surface area contributed by atoms with E-state index in [-0.39, 0.29) is 12.5 Å². The fraction of sp³-hybridized carbons (Fsp3) is 0.533. The molecule has 0 spiro atoms.